The van der Waals surface area contributed by atoms with Crippen LogP contribution < -0.4 is 20.7 Å². The summed E-state index contributed by atoms with van der Waals surface area (Å²) >= 11 is 0. The third-order valence-corrected chi connectivity index (χ3v) is 6.99. The van der Waals surface area contributed by atoms with Gasteiger partial charge in [0.1, 0.15) is 17.5 Å². The lowest BCUT2D eigenvalue weighted by Crippen LogP contribution is -2.58. The third kappa shape index (κ3) is 9.62. The van der Waals surface area contributed by atoms with E-state index in [2.05, 4.69) is 16.0 Å². The molecule has 0 spiro atoms. The van der Waals surface area contributed by atoms with Gasteiger partial charge in [0.25, 0.3) is 0 Å². The quantitative estimate of drug-likeness (QED) is 0.201. The van der Waals surface area contributed by atoms with Crippen molar-refractivity contribution in [3.63, 3.8) is 0 Å². The van der Waals surface area contributed by atoms with Gasteiger partial charge in [-0.2, -0.15) is 0 Å². The zero-order valence-electron chi connectivity index (χ0n) is 25.0. The van der Waals surface area contributed by atoms with Crippen molar-refractivity contribution in [1.82, 2.24) is 16.0 Å². The molecule has 1 saturated carbocycles. The van der Waals surface area contributed by atoms with Crippen LogP contribution in [0.5, 0.6) is 11.5 Å². The number of hydrogen-bond donors (Lipinski definition) is 4. The molecule has 1 aliphatic carbocycles. The Kier molecular flexibility index (Phi) is 10.5. The molecule has 41 heavy (non-hydrogen) atoms. The summed E-state index contributed by atoms with van der Waals surface area (Å²) in [7, 11) is 0. The number of phenolic OH excluding ortho intramolecular Hbond substituents is 1. The number of benzene rings is 2. The lowest BCUT2D eigenvalue weighted by atomic mass is 9.86. The van der Waals surface area contributed by atoms with Gasteiger partial charge < -0.3 is 25.8 Å². The van der Waals surface area contributed by atoms with E-state index in [9.17, 15) is 19.5 Å². The Hall–Kier alpha value is -3.88. The number of aromatic hydroxyl groups is 1. The lowest BCUT2D eigenvalue weighted by molar-refractivity contribution is -0.143. The first-order valence-electron chi connectivity index (χ1n) is 14.2. The van der Waals surface area contributed by atoms with Crippen LogP contribution in [0.25, 0.3) is 0 Å². The summed E-state index contributed by atoms with van der Waals surface area (Å²) in [6.07, 6.45) is 4.97. The van der Waals surface area contributed by atoms with E-state index in [1.807, 2.05) is 51.1 Å². The van der Waals surface area contributed by atoms with E-state index in [1.54, 1.807) is 33.1 Å². The van der Waals surface area contributed by atoms with Crippen LogP contribution in [0.1, 0.15) is 78.4 Å². The molecule has 2 unspecified atom stereocenters. The normalized spacial score (nSPS) is 18.4. The second-order valence-electron chi connectivity index (χ2n) is 12.7. The standard InChI is InChI=1S/C32H44N4O5/c1-31(2,3)27(28(38)34-19-21-12-8-7-9-13-21)36-30(40)35-25-15-11-10-14-24(25)33-20-22-18-23(16-17-26(22)37)41-29(39)32(4,5)6/h7-9,12-13,16-18,20,24-25,27,37H,10-11,14-15,19H2,1-6H3,(H,34,38)(H2,35,36,40)/t24-,25?,27?/m0/s1. The second kappa shape index (κ2) is 13.7. The lowest BCUT2D eigenvalue weighted by Gasteiger charge is -2.33. The topological polar surface area (TPSA) is 129 Å². The van der Waals surface area contributed by atoms with Crippen LogP contribution in [0.15, 0.2) is 53.5 Å². The van der Waals surface area contributed by atoms with Gasteiger partial charge in [-0.1, -0.05) is 63.9 Å². The van der Waals surface area contributed by atoms with Gasteiger partial charge in [0, 0.05) is 18.3 Å². The number of phenols is 1. The van der Waals surface area contributed by atoms with E-state index in [-0.39, 0.29) is 29.7 Å². The molecule has 0 saturated heterocycles. The Morgan fingerprint density at radius 3 is 2.37 bits per heavy atom. The molecule has 222 valence electrons. The Bertz CT molecular complexity index is 1230. The molecule has 2 aromatic rings. The number of esters is 1. The summed E-state index contributed by atoms with van der Waals surface area (Å²) in [5.41, 5.74) is 0.217. The van der Waals surface area contributed by atoms with Crippen molar-refractivity contribution in [3.05, 3.63) is 59.7 Å². The summed E-state index contributed by atoms with van der Waals surface area (Å²) < 4.78 is 5.46. The first-order chi connectivity index (χ1) is 19.2. The second-order valence-corrected chi connectivity index (χ2v) is 12.7. The molecule has 3 amide bonds. The van der Waals surface area contributed by atoms with Gasteiger partial charge >= 0.3 is 12.0 Å². The van der Waals surface area contributed by atoms with Crippen LogP contribution in [-0.4, -0.2) is 47.4 Å². The van der Waals surface area contributed by atoms with Gasteiger partial charge in [-0.25, -0.2) is 4.79 Å². The van der Waals surface area contributed by atoms with Crippen molar-refractivity contribution in [2.24, 2.45) is 15.8 Å². The van der Waals surface area contributed by atoms with E-state index in [0.29, 0.717) is 17.9 Å². The van der Waals surface area contributed by atoms with E-state index in [4.69, 9.17) is 9.73 Å². The van der Waals surface area contributed by atoms with Crippen LogP contribution in [-0.2, 0) is 16.1 Å². The van der Waals surface area contributed by atoms with E-state index in [1.165, 1.54) is 12.1 Å². The van der Waals surface area contributed by atoms with Gasteiger partial charge in [0.15, 0.2) is 0 Å². The van der Waals surface area contributed by atoms with Gasteiger partial charge in [-0.3, -0.25) is 14.6 Å². The minimum Gasteiger partial charge on any atom is -0.507 e. The third-order valence-electron chi connectivity index (χ3n) is 6.99. The molecule has 3 rings (SSSR count). The Labute approximate surface area is 243 Å². The van der Waals surface area contributed by atoms with Gasteiger partial charge in [0.2, 0.25) is 5.91 Å². The van der Waals surface area contributed by atoms with Crippen LogP contribution in [0.3, 0.4) is 0 Å². The highest BCUT2D eigenvalue weighted by Crippen LogP contribution is 2.26. The fourth-order valence-corrected chi connectivity index (χ4v) is 4.50. The number of urea groups is 1. The minimum atomic E-state index is -0.743. The number of ether oxygens (including phenoxy) is 1. The number of rotatable bonds is 8. The van der Waals surface area contributed by atoms with Gasteiger partial charge in [-0.15, -0.1) is 0 Å². The Balaban J connectivity index is 1.65. The SMILES string of the molecule is CC(C)(C)C(=O)Oc1ccc(O)c(C=N[C@H]2CCCCC2NC(=O)NC(C(=O)NCc2ccccc2)C(C)(C)C)c1. The number of carbonyl (C=O) groups excluding carboxylic acids is 3. The van der Waals surface area contributed by atoms with Crippen LogP contribution in [0, 0.1) is 10.8 Å². The molecule has 3 atom stereocenters. The molecule has 0 aliphatic heterocycles. The molecular formula is C32H44N4O5. The molecular weight excluding hydrogens is 520 g/mol. The maximum Gasteiger partial charge on any atom is 0.316 e. The van der Waals surface area contributed by atoms with Gasteiger partial charge in [0.05, 0.1) is 17.5 Å². The highest BCUT2D eigenvalue weighted by Gasteiger charge is 2.34. The summed E-state index contributed by atoms with van der Waals surface area (Å²) in [6.45, 7) is 11.4. The fraction of sp³-hybridized carbons (Fsp3) is 0.500. The Morgan fingerprint density at radius 1 is 1.02 bits per heavy atom. The number of nitrogens with one attached hydrogen (secondary N) is 3. The molecule has 1 fully saturated rings. The zero-order chi connectivity index (χ0) is 30.2. The maximum atomic E-state index is 13.1. The zero-order valence-corrected chi connectivity index (χ0v) is 25.0. The molecule has 9 heteroatoms. The van der Waals surface area contributed by atoms with Crippen LogP contribution in [0.2, 0.25) is 0 Å². The number of hydrogen-bond acceptors (Lipinski definition) is 6. The molecule has 0 bridgehead atoms. The molecule has 1 aliphatic rings. The Morgan fingerprint density at radius 2 is 1.71 bits per heavy atom. The fourth-order valence-electron chi connectivity index (χ4n) is 4.50. The number of aliphatic imine (C=N–C) groups is 1. The predicted octanol–water partition coefficient (Wildman–Crippen LogP) is 5.10. The summed E-state index contributed by atoms with van der Waals surface area (Å²) in [4.78, 5) is 43.1. The first kappa shape index (κ1) is 31.6. The molecule has 0 aromatic heterocycles. The highest BCUT2D eigenvalue weighted by atomic mass is 16.5. The van der Waals surface area contributed by atoms with Crippen molar-refractivity contribution < 1.29 is 24.2 Å². The molecule has 2 aromatic carbocycles. The minimum absolute atomic E-state index is 0.0110. The van der Waals surface area contributed by atoms with Crippen molar-refractivity contribution >= 4 is 24.1 Å². The number of amides is 3. The average molecular weight is 565 g/mol. The van der Waals surface area contributed by atoms with Crippen molar-refractivity contribution in [3.8, 4) is 11.5 Å². The molecule has 0 heterocycles. The summed E-state index contributed by atoms with van der Waals surface area (Å²) in [5, 5.41) is 19.2. The van der Waals surface area contributed by atoms with Crippen molar-refractivity contribution in [2.45, 2.75) is 91.9 Å². The summed E-state index contributed by atoms with van der Waals surface area (Å²) in [6, 6.07) is 12.6. The van der Waals surface area contributed by atoms with Crippen molar-refractivity contribution in [2.75, 3.05) is 0 Å². The molecule has 9 nitrogen and oxygen atoms in total. The smallest absolute Gasteiger partial charge is 0.316 e. The molecule has 4 N–H and O–H groups in total. The maximum absolute atomic E-state index is 13.1. The van der Waals surface area contributed by atoms with Gasteiger partial charge in [-0.05, 0) is 62.8 Å². The van der Waals surface area contributed by atoms with E-state index < -0.39 is 22.9 Å². The summed E-state index contributed by atoms with van der Waals surface area (Å²) in [5.74, 6) is -0.300. The van der Waals surface area contributed by atoms with Crippen molar-refractivity contribution in [1.29, 1.82) is 0 Å². The average Bonchev–Trinajstić information content (AvgIpc) is 2.90. The number of carbonyl (C=O) groups is 3. The van der Waals surface area contributed by atoms with E-state index >= 15 is 0 Å². The van der Waals surface area contributed by atoms with E-state index in [0.717, 1.165) is 31.2 Å². The molecule has 0 radical (unpaired) electrons. The van der Waals surface area contributed by atoms with Crippen LogP contribution in [0.4, 0.5) is 4.79 Å². The van der Waals surface area contributed by atoms with Crippen LogP contribution >= 0.6 is 0 Å². The number of nitrogens with zero attached hydrogens (tertiary/aromatic N) is 1. The first-order valence-corrected chi connectivity index (χ1v) is 14.2. The largest absolute Gasteiger partial charge is 0.507 e. The highest BCUT2D eigenvalue weighted by molar-refractivity contribution is 5.88. The predicted molar refractivity (Wildman–Crippen MR) is 160 cm³/mol. The monoisotopic (exact) mass is 564 g/mol.